The van der Waals surface area contributed by atoms with Crippen LogP contribution in [-0.4, -0.2) is 11.6 Å². The van der Waals surface area contributed by atoms with Crippen LogP contribution in [0.15, 0.2) is 18.2 Å². The maximum absolute atomic E-state index is 5.77. The van der Waals surface area contributed by atoms with Crippen molar-refractivity contribution in [3.63, 3.8) is 0 Å². The van der Waals surface area contributed by atoms with Crippen LogP contribution >= 0.6 is 11.3 Å². The quantitative estimate of drug-likeness (QED) is 0.717. The molecule has 1 aromatic carbocycles. The number of fused-ring (bicyclic) bond motifs is 1. The van der Waals surface area contributed by atoms with Crippen LogP contribution in [0.4, 0.5) is 5.13 Å². The van der Waals surface area contributed by atoms with E-state index in [4.69, 9.17) is 10.5 Å². The number of unbranched alkanes of at least 4 members (excludes halogenated alkanes) is 5. The molecule has 19 heavy (non-hydrogen) atoms. The lowest BCUT2D eigenvalue weighted by molar-refractivity contribution is 0.305. The van der Waals surface area contributed by atoms with Crippen molar-refractivity contribution in [2.45, 2.75) is 45.4 Å². The minimum absolute atomic E-state index is 0.614. The maximum atomic E-state index is 5.77. The van der Waals surface area contributed by atoms with Crippen molar-refractivity contribution in [1.82, 2.24) is 4.98 Å². The van der Waals surface area contributed by atoms with E-state index in [1.807, 2.05) is 18.2 Å². The molecule has 0 fully saturated rings. The summed E-state index contributed by atoms with van der Waals surface area (Å²) in [6, 6.07) is 5.97. The number of aromatic nitrogens is 1. The molecular formula is C15H22N2OS. The van der Waals surface area contributed by atoms with Crippen LogP contribution in [0.2, 0.25) is 0 Å². The van der Waals surface area contributed by atoms with E-state index in [9.17, 15) is 0 Å². The summed E-state index contributed by atoms with van der Waals surface area (Å²) in [5, 5.41) is 0.614. The number of nitrogens with zero attached hydrogens (tertiary/aromatic N) is 1. The predicted molar refractivity (Wildman–Crippen MR) is 82.9 cm³/mol. The Morgan fingerprint density at radius 1 is 1.16 bits per heavy atom. The number of hydrogen-bond donors (Lipinski definition) is 1. The molecule has 0 radical (unpaired) electrons. The number of hydrogen-bond acceptors (Lipinski definition) is 4. The van der Waals surface area contributed by atoms with Crippen molar-refractivity contribution in [1.29, 1.82) is 0 Å². The Balaban J connectivity index is 1.72. The van der Waals surface area contributed by atoms with Crippen LogP contribution in [0, 0.1) is 0 Å². The van der Waals surface area contributed by atoms with Gasteiger partial charge in [-0.2, -0.15) is 0 Å². The van der Waals surface area contributed by atoms with E-state index in [0.29, 0.717) is 5.13 Å². The highest BCUT2D eigenvalue weighted by Crippen LogP contribution is 2.27. The molecule has 104 valence electrons. The number of nitrogens with two attached hydrogens (primary N) is 1. The van der Waals surface area contributed by atoms with E-state index >= 15 is 0 Å². The van der Waals surface area contributed by atoms with Gasteiger partial charge in [0.05, 0.1) is 16.8 Å². The van der Waals surface area contributed by atoms with Gasteiger partial charge >= 0.3 is 0 Å². The van der Waals surface area contributed by atoms with Gasteiger partial charge < -0.3 is 10.5 Å². The number of anilines is 1. The molecule has 0 spiro atoms. The number of rotatable bonds is 8. The Bertz CT molecular complexity index is 510. The van der Waals surface area contributed by atoms with Crippen molar-refractivity contribution in [3.05, 3.63) is 18.2 Å². The molecule has 0 bridgehead atoms. The molecule has 1 heterocycles. The molecule has 2 N–H and O–H groups in total. The maximum Gasteiger partial charge on any atom is 0.181 e. The van der Waals surface area contributed by atoms with Crippen LogP contribution in [0.5, 0.6) is 5.75 Å². The van der Waals surface area contributed by atoms with E-state index in [-0.39, 0.29) is 0 Å². The minimum Gasteiger partial charge on any atom is -0.494 e. The van der Waals surface area contributed by atoms with Crippen LogP contribution < -0.4 is 10.5 Å². The van der Waals surface area contributed by atoms with Gasteiger partial charge in [-0.1, -0.05) is 50.4 Å². The average molecular weight is 278 g/mol. The smallest absolute Gasteiger partial charge is 0.181 e. The Hall–Kier alpha value is -1.29. The first-order valence-electron chi connectivity index (χ1n) is 7.08. The normalized spacial score (nSPS) is 11.0. The molecule has 3 nitrogen and oxygen atoms in total. The predicted octanol–water partition coefficient (Wildman–Crippen LogP) is 4.62. The van der Waals surface area contributed by atoms with Crippen LogP contribution in [0.25, 0.3) is 10.2 Å². The van der Waals surface area contributed by atoms with E-state index in [1.165, 1.54) is 43.4 Å². The Morgan fingerprint density at radius 3 is 2.79 bits per heavy atom. The Morgan fingerprint density at radius 2 is 1.95 bits per heavy atom. The summed E-state index contributed by atoms with van der Waals surface area (Å²) in [5.41, 5.74) is 6.64. The third-order valence-corrected chi connectivity index (χ3v) is 3.99. The van der Waals surface area contributed by atoms with Crippen LogP contribution in [0.3, 0.4) is 0 Å². The van der Waals surface area contributed by atoms with Gasteiger partial charge in [-0.15, -0.1) is 0 Å². The summed E-state index contributed by atoms with van der Waals surface area (Å²) in [6.07, 6.45) is 7.71. The van der Waals surface area contributed by atoms with E-state index in [0.717, 1.165) is 29.0 Å². The van der Waals surface area contributed by atoms with E-state index in [2.05, 4.69) is 11.9 Å². The largest absolute Gasteiger partial charge is 0.494 e. The van der Waals surface area contributed by atoms with E-state index in [1.54, 1.807) is 0 Å². The summed E-state index contributed by atoms with van der Waals surface area (Å²) in [4.78, 5) is 4.23. The summed E-state index contributed by atoms with van der Waals surface area (Å²) < 4.78 is 6.86. The van der Waals surface area contributed by atoms with Crippen molar-refractivity contribution >= 4 is 26.7 Å². The average Bonchev–Trinajstić information content (AvgIpc) is 2.77. The third kappa shape index (κ3) is 4.39. The summed E-state index contributed by atoms with van der Waals surface area (Å²) in [5.74, 6) is 0.921. The summed E-state index contributed by atoms with van der Waals surface area (Å²) >= 11 is 1.51. The first-order valence-corrected chi connectivity index (χ1v) is 7.90. The molecule has 0 aliphatic carbocycles. The zero-order chi connectivity index (χ0) is 13.5. The molecule has 0 aliphatic rings. The lowest BCUT2D eigenvalue weighted by Crippen LogP contribution is -1.97. The highest BCUT2D eigenvalue weighted by atomic mass is 32.1. The monoisotopic (exact) mass is 278 g/mol. The Labute approximate surface area is 118 Å². The molecular weight excluding hydrogens is 256 g/mol. The second kappa shape index (κ2) is 7.34. The second-order valence-corrected chi connectivity index (χ2v) is 5.86. The standard InChI is InChI=1S/C15H22N2OS/c1-2-3-4-5-6-7-10-18-12-8-9-13-14(11-12)19-15(16)17-13/h8-9,11H,2-7,10H2,1H3,(H2,16,17). The zero-order valence-corrected chi connectivity index (χ0v) is 12.3. The number of ether oxygens (including phenoxy) is 1. The summed E-state index contributed by atoms with van der Waals surface area (Å²) in [7, 11) is 0. The molecule has 1 aromatic heterocycles. The van der Waals surface area contributed by atoms with Gasteiger partial charge in [-0.05, 0) is 24.6 Å². The minimum atomic E-state index is 0.614. The van der Waals surface area contributed by atoms with Gasteiger partial charge in [-0.25, -0.2) is 4.98 Å². The zero-order valence-electron chi connectivity index (χ0n) is 11.5. The molecule has 2 aromatic rings. The van der Waals surface area contributed by atoms with Gasteiger partial charge in [-0.3, -0.25) is 0 Å². The van der Waals surface area contributed by atoms with Gasteiger partial charge in [0.15, 0.2) is 5.13 Å². The number of benzene rings is 1. The van der Waals surface area contributed by atoms with Gasteiger partial charge in [0.25, 0.3) is 0 Å². The lowest BCUT2D eigenvalue weighted by Gasteiger charge is -2.05. The molecule has 0 atom stereocenters. The van der Waals surface area contributed by atoms with Crippen molar-refractivity contribution in [2.24, 2.45) is 0 Å². The highest BCUT2D eigenvalue weighted by Gasteiger charge is 2.02. The molecule has 0 saturated carbocycles. The van der Waals surface area contributed by atoms with Crippen molar-refractivity contribution < 1.29 is 4.74 Å². The third-order valence-electron chi connectivity index (χ3n) is 3.14. The van der Waals surface area contributed by atoms with E-state index < -0.39 is 0 Å². The van der Waals surface area contributed by atoms with Crippen LogP contribution in [-0.2, 0) is 0 Å². The van der Waals surface area contributed by atoms with Crippen molar-refractivity contribution in [2.75, 3.05) is 12.3 Å². The topological polar surface area (TPSA) is 48.1 Å². The first kappa shape index (κ1) is 14.1. The second-order valence-electron chi connectivity index (χ2n) is 4.80. The Kier molecular flexibility index (Phi) is 5.45. The molecule has 0 amide bonds. The number of nitrogen functional groups attached to an aromatic ring is 1. The fourth-order valence-corrected chi connectivity index (χ4v) is 2.85. The molecule has 0 aliphatic heterocycles. The molecule has 0 saturated heterocycles. The fraction of sp³-hybridized carbons (Fsp3) is 0.533. The molecule has 4 heteroatoms. The van der Waals surface area contributed by atoms with Gasteiger partial charge in [0, 0.05) is 0 Å². The van der Waals surface area contributed by atoms with Crippen LogP contribution in [0.1, 0.15) is 45.4 Å². The lowest BCUT2D eigenvalue weighted by atomic mass is 10.1. The highest BCUT2D eigenvalue weighted by molar-refractivity contribution is 7.22. The van der Waals surface area contributed by atoms with Crippen molar-refractivity contribution in [3.8, 4) is 5.75 Å². The van der Waals surface area contributed by atoms with Gasteiger partial charge in [0.2, 0.25) is 0 Å². The SMILES string of the molecule is CCCCCCCCOc1ccc2nc(N)sc2c1. The molecule has 2 rings (SSSR count). The summed E-state index contributed by atoms with van der Waals surface area (Å²) in [6.45, 7) is 3.04. The molecule has 0 unspecified atom stereocenters. The van der Waals surface area contributed by atoms with Gasteiger partial charge in [0.1, 0.15) is 5.75 Å². The first-order chi connectivity index (χ1) is 9.29. The fourth-order valence-electron chi connectivity index (χ4n) is 2.08. The number of thiazole rings is 1.